The molecule has 2 heterocycles. The van der Waals surface area contributed by atoms with Crippen LogP contribution in [0.1, 0.15) is 36.7 Å². The van der Waals surface area contributed by atoms with Gasteiger partial charge in [-0.1, -0.05) is 30.3 Å². The second-order valence-electron chi connectivity index (χ2n) is 7.81. The highest BCUT2D eigenvalue weighted by Crippen LogP contribution is 2.27. The minimum Gasteiger partial charge on any atom is -0.493 e. The van der Waals surface area contributed by atoms with E-state index in [2.05, 4.69) is 59.2 Å². The molecule has 1 unspecified atom stereocenters. The quantitative estimate of drug-likeness (QED) is 0.445. The van der Waals surface area contributed by atoms with Crippen molar-refractivity contribution in [2.24, 2.45) is 0 Å². The number of hydrogen-bond donors (Lipinski definition) is 2. The molecule has 0 spiro atoms. The molecule has 1 saturated heterocycles. The highest BCUT2D eigenvalue weighted by Gasteiger charge is 2.24. The molecule has 0 aliphatic carbocycles. The molecule has 1 aliphatic rings. The fourth-order valence-electron chi connectivity index (χ4n) is 3.90. The van der Waals surface area contributed by atoms with E-state index in [1.165, 1.54) is 5.56 Å². The third kappa shape index (κ3) is 4.86. The second-order valence-corrected chi connectivity index (χ2v) is 7.81. The number of nitrogens with one attached hydrogen (secondary N) is 2. The lowest BCUT2D eigenvalue weighted by Gasteiger charge is -2.32. The van der Waals surface area contributed by atoms with Gasteiger partial charge in [0.25, 0.3) is 0 Å². The highest BCUT2D eigenvalue weighted by atomic mass is 16.5. The fourth-order valence-corrected chi connectivity index (χ4v) is 3.90. The van der Waals surface area contributed by atoms with Crippen molar-refractivity contribution in [1.29, 1.82) is 0 Å². The summed E-state index contributed by atoms with van der Waals surface area (Å²) < 4.78 is 5.90. The lowest BCUT2D eigenvalue weighted by molar-refractivity contribution is 0.228. The van der Waals surface area contributed by atoms with Crippen LogP contribution in [0.2, 0.25) is 0 Å². The van der Waals surface area contributed by atoms with Gasteiger partial charge in [-0.15, -0.1) is 6.58 Å². The zero-order valence-electron chi connectivity index (χ0n) is 17.1. The first-order valence-electron chi connectivity index (χ1n) is 10.5. The standard InChI is InChI=1S/C24H30N4O/c1-3-4-16-29-20-9-7-8-18(17-20)23(25-19-12-14-28(2)15-13-19)24-26-21-10-5-6-11-22(21)27-24/h3,5-11,17,19,23,25H,1,4,12-16H2,2H3,(H,26,27). The summed E-state index contributed by atoms with van der Waals surface area (Å²) in [6.07, 6.45) is 5.00. The molecule has 5 nitrogen and oxygen atoms in total. The molecule has 0 bridgehead atoms. The van der Waals surface area contributed by atoms with Gasteiger partial charge < -0.3 is 19.9 Å². The van der Waals surface area contributed by atoms with E-state index in [4.69, 9.17) is 9.72 Å². The monoisotopic (exact) mass is 390 g/mol. The average Bonchev–Trinajstić information content (AvgIpc) is 3.17. The molecule has 1 fully saturated rings. The smallest absolute Gasteiger partial charge is 0.129 e. The molecule has 2 aromatic carbocycles. The minimum atomic E-state index is -0.00115. The molecule has 29 heavy (non-hydrogen) atoms. The van der Waals surface area contributed by atoms with E-state index < -0.39 is 0 Å². The van der Waals surface area contributed by atoms with Crippen molar-refractivity contribution in [2.75, 3.05) is 26.7 Å². The number of nitrogens with zero attached hydrogens (tertiary/aromatic N) is 2. The number of fused-ring (bicyclic) bond motifs is 1. The van der Waals surface area contributed by atoms with Crippen molar-refractivity contribution in [3.05, 3.63) is 72.6 Å². The van der Waals surface area contributed by atoms with E-state index >= 15 is 0 Å². The van der Waals surface area contributed by atoms with Crippen molar-refractivity contribution in [2.45, 2.75) is 31.3 Å². The van der Waals surface area contributed by atoms with Crippen LogP contribution in [0.25, 0.3) is 11.0 Å². The molecule has 0 radical (unpaired) electrons. The Balaban J connectivity index is 1.62. The normalized spacial score (nSPS) is 16.7. The minimum absolute atomic E-state index is 0.00115. The summed E-state index contributed by atoms with van der Waals surface area (Å²) in [5.41, 5.74) is 3.23. The molecule has 2 N–H and O–H groups in total. The largest absolute Gasteiger partial charge is 0.493 e. The van der Waals surface area contributed by atoms with Gasteiger partial charge in [0.1, 0.15) is 11.6 Å². The van der Waals surface area contributed by atoms with E-state index in [1.54, 1.807) is 0 Å². The van der Waals surface area contributed by atoms with Gasteiger partial charge in [-0.2, -0.15) is 0 Å². The van der Waals surface area contributed by atoms with Crippen LogP contribution in [0.15, 0.2) is 61.2 Å². The van der Waals surface area contributed by atoms with E-state index in [1.807, 2.05) is 24.3 Å². The Hall–Kier alpha value is -2.63. The zero-order chi connectivity index (χ0) is 20.1. The van der Waals surface area contributed by atoms with Gasteiger partial charge in [-0.05, 0) is 69.2 Å². The van der Waals surface area contributed by atoms with Crippen LogP contribution >= 0.6 is 0 Å². The van der Waals surface area contributed by atoms with E-state index in [0.717, 1.165) is 55.0 Å². The lowest BCUT2D eigenvalue weighted by Crippen LogP contribution is -2.42. The molecule has 152 valence electrons. The first kappa shape index (κ1) is 19.7. The van der Waals surface area contributed by atoms with Gasteiger partial charge in [0.15, 0.2) is 0 Å². The number of ether oxygens (including phenoxy) is 1. The van der Waals surface area contributed by atoms with Gasteiger partial charge in [0.05, 0.1) is 23.7 Å². The summed E-state index contributed by atoms with van der Waals surface area (Å²) in [5, 5.41) is 3.87. The first-order valence-corrected chi connectivity index (χ1v) is 10.5. The van der Waals surface area contributed by atoms with Crippen molar-refractivity contribution in [1.82, 2.24) is 20.2 Å². The van der Waals surface area contributed by atoms with Gasteiger partial charge in [0.2, 0.25) is 0 Å². The first-order chi connectivity index (χ1) is 14.2. The molecular weight excluding hydrogens is 360 g/mol. The third-order valence-electron chi connectivity index (χ3n) is 5.58. The Morgan fingerprint density at radius 1 is 1.24 bits per heavy atom. The highest BCUT2D eigenvalue weighted by molar-refractivity contribution is 5.75. The van der Waals surface area contributed by atoms with E-state index in [0.29, 0.717) is 12.6 Å². The van der Waals surface area contributed by atoms with Crippen LogP contribution in [-0.4, -0.2) is 47.7 Å². The molecule has 1 aliphatic heterocycles. The topological polar surface area (TPSA) is 53.2 Å². The van der Waals surface area contributed by atoms with E-state index in [-0.39, 0.29) is 6.04 Å². The molecule has 1 atom stereocenters. The predicted octanol–water partition coefficient (Wildman–Crippen LogP) is 4.29. The van der Waals surface area contributed by atoms with Gasteiger partial charge in [-0.25, -0.2) is 4.98 Å². The lowest BCUT2D eigenvalue weighted by atomic mass is 10.0. The van der Waals surface area contributed by atoms with Gasteiger partial charge in [-0.3, -0.25) is 0 Å². The van der Waals surface area contributed by atoms with Crippen LogP contribution in [0.4, 0.5) is 0 Å². The van der Waals surface area contributed by atoms with Crippen molar-refractivity contribution >= 4 is 11.0 Å². The Morgan fingerprint density at radius 2 is 2.07 bits per heavy atom. The van der Waals surface area contributed by atoms with E-state index in [9.17, 15) is 0 Å². The molecule has 4 rings (SSSR count). The average molecular weight is 391 g/mol. The Morgan fingerprint density at radius 3 is 2.86 bits per heavy atom. The maximum absolute atomic E-state index is 5.90. The third-order valence-corrected chi connectivity index (χ3v) is 5.58. The Bertz CT molecular complexity index is 910. The number of aromatic amines is 1. The summed E-state index contributed by atoms with van der Waals surface area (Å²) in [6.45, 7) is 6.65. The van der Waals surface area contributed by atoms with Gasteiger partial charge >= 0.3 is 0 Å². The molecule has 0 amide bonds. The number of benzene rings is 2. The van der Waals surface area contributed by atoms with Crippen LogP contribution in [0, 0.1) is 0 Å². The van der Waals surface area contributed by atoms with Gasteiger partial charge in [0, 0.05) is 6.04 Å². The Labute approximate surface area is 172 Å². The summed E-state index contributed by atoms with van der Waals surface area (Å²) >= 11 is 0. The molecular formula is C24H30N4O. The molecule has 3 aromatic rings. The number of para-hydroxylation sites is 2. The molecule has 1 aromatic heterocycles. The SMILES string of the molecule is C=CCCOc1cccc(C(NC2CCN(C)CC2)c2nc3ccccc3[nH]2)c1. The maximum Gasteiger partial charge on any atom is 0.129 e. The Kier molecular flexibility index (Phi) is 6.27. The number of piperidine rings is 1. The number of rotatable bonds is 8. The van der Waals surface area contributed by atoms with Crippen LogP contribution in [-0.2, 0) is 0 Å². The van der Waals surface area contributed by atoms with Crippen molar-refractivity contribution in [3.8, 4) is 5.75 Å². The molecule has 0 saturated carbocycles. The second kappa shape index (κ2) is 9.25. The maximum atomic E-state index is 5.90. The summed E-state index contributed by atoms with van der Waals surface area (Å²) in [5.74, 6) is 1.84. The van der Waals surface area contributed by atoms with Crippen LogP contribution in [0.5, 0.6) is 5.75 Å². The van der Waals surface area contributed by atoms with Crippen LogP contribution in [0.3, 0.4) is 0 Å². The summed E-state index contributed by atoms with van der Waals surface area (Å²) in [4.78, 5) is 10.8. The fraction of sp³-hybridized carbons (Fsp3) is 0.375. The number of H-pyrrole nitrogens is 1. The number of aromatic nitrogens is 2. The zero-order valence-corrected chi connectivity index (χ0v) is 17.1. The molecule has 5 heteroatoms. The summed E-state index contributed by atoms with van der Waals surface area (Å²) in [6, 6.07) is 17.0. The number of imidazole rings is 1. The van der Waals surface area contributed by atoms with Crippen molar-refractivity contribution < 1.29 is 4.74 Å². The van der Waals surface area contributed by atoms with Crippen LogP contribution < -0.4 is 10.1 Å². The predicted molar refractivity (Wildman–Crippen MR) is 118 cm³/mol. The summed E-state index contributed by atoms with van der Waals surface area (Å²) in [7, 11) is 2.19. The van der Waals surface area contributed by atoms with Crippen molar-refractivity contribution in [3.63, 3.8) is 0 Å². The number of likely N-dealkylation sites (tertiary alicyclic amines) is 1. The number of hydrogen-bond acceptors (Lipinski definition) is 4.